The Bertz CT molecular complexity index is 721. The number of likely N-dealkylation sites (tertiary alicyclic amines) is 1. The standard InChI is InChI=1S/C27H49N3O3/c1-17(2)20(6)30-15-13-12-14-22(30)25(32)28-24(27(8,9)10)26(33)29(11)23(18(3)4)16-19(5)21(7)31/h16-18,20,22-24H,12-15H2,1-11H3,(H,28,32)/b19-16+. The van der Waals surface area contributed by atoms with Crippen LogP contribution in [-0.4, -0.2) is 65.2 Å². The fraction of sp³-hybridized carbons (Fsp3) is 0.815. The Morgan fingerprint density at radius 2 is 1.58 bits per heavy atom. The van der Waals surface area contributed by atoms with Gasteiger partial charge in [0.15, 0.2) is 5.78 Å². The van der Waals surface area contributed by atoms with Crippen molar-refractivity contribution in [1.29, 1.82) is 0 Å². The van der Waals surface area contributed by atoms with Gasteiger partial charge in [0.05, 0.1) is 12.1 Å². The van der Waals surface area contributed by atoms with Crippen molar-refractivity contribution in [3.05, 3.63) is 11.6 Å². The highest BCUT2D eigenvalue weighted by molar-refractivity contribution is 5.93. The predicted molar refractivity (Wildman–Crippen MR) is 136 cm³/mol. The van der Waals surface area contributed by atoms with Crippen molar-refractivity contribution >= 4 is 17.6 Å². The van der Waals surface area contributed by atoms with Gasteiger partial charge in [-0.05, 0) is 63.0 Å². The number of allylic oxidation sites excluding steroid dienone is 1. The van der Waals surface area contributed by atoms with E-state index in [-0.39, 0.29) is 35.6 Å². The first kappa shape index (κ1) is 29.3. The molecular formula is C27H49N3O3. The molecular weight excluding hydrogens is 414 g/mol. The van der Waals surface area contributed by atoms with E-state index in [4.69, 9.17) is 0 Å². The van der Waals surface area contributed by atoms with Crippen molar-refractivity contribution in [3.8, 4) is 0 Å². The van der Waals surface area contributed by atoms with Crippen molar-refractivity contribution in [2.45, 2.75) is 113 Å². The van der Waals surface area contributed by atoms with E-state index in [9.17, 15) is 14.4 Å². The summed E-state index contributed by atoms with van der Waals surface area (Å²) >= 11 is 0. The maximum Gasteiger partial charge on any atom is 0.245 e. The molecule has 4 atom stereocenters. The Balaban J connectivity index is 3.18. The molecule has 6 nitrogen and oxygen atoms in total. The van der Waals surface area contributed by atoms with Gasteiger partial charge in [-0.2, -0.15) is 0 Å². The van der Waals surface area contributed by atoms with E-state index < -0.39 is 11.5 Å². The number of ketones is 1. The maximum atomic E-state index is 13.7. The van der Waals surface area contributed by atoms with Crippen molar-refractivity contribution in [1.82, 2.24) is 15.1 Å². The molecule has 0 spiro atoms. The Morgan fingerprint density at radius 3 is 2.03 bits per heavy atom. The second-order valence-electron chi connectivity index (χ2n) is 11.6. The number of hydrogen-bond acceptors (Lipinski definition) is 4. The van der Waals surface area contributed by atoms with Crippen LogP contribution < -0.4 is 5.32 Å². The zero-order valence-corrected chi connectivity index (χ0v) is 23.0. The Kier molecular flexibility index (Phi) is 10.8. The molecule has 0 aliphatic carbocycles. The van der Waals surface area contributed by atoms with Crippen molar-refractivity contribution in [2.24, 2.45) is 17.3 Å². The van der Waals surface area contributed by atoms with E-state index in [0.29, 0.717) is 17.5 Å². The normalized spacial score (nSPS) is 21.0. The number of amides is 2. The predicted octanol–water partition coefficient (Wildman–Crippen LogP) is 4.43. The molecule has 1 N–H and O–H groups in total. The van der Waals surface area contributed by atoms with E-state index in [0.717, 1.165) is 25.8 Å². The van der Waals surface area contributed by atoms with Crippen LogP contribution >= 0.6 is 0 Å². The molecule has 190 valence electrons. The van der Waals surface area contributed by atoms with Crippen molar-refractivity contribution < 1.29 is 14.4 Å². The average Bonchev–Trinajstić information content (AvgIpc) is 2.72. The molecule has 1 saturated heterocycles. The van der Waals surface area contributed by atoms with Crippen LogP contribution in [0.5, 0.6) is 0 Å². The van der Waals surface area contributed by atoms with Gasteiger partial charge >= 0.3 is 0 Å². The number of Topliss-reactive ketones (excluding diaryl/α,β-unsaturated/α-hetero) is 1. The molecule has 1 rings (SSSR count). The molecule has 0 aromatic carbocycles. The van der Waals surface area contributed by atoms with E-state index in [1.807, 2.05) is 40.7 Å². The van der Waals surface area contributed by atoms with Crippen molar-refractivity contribution in [3.63, 3.8) is 0 Å². The largest absolute Gasteiger partial charge is 0.342 e. The zero-order chi connectivity index (χ0) is 25.7. The average molecular weight is 464 g/mol. The Labute approximate surface area is 202 Å². The van der Waals surface area contributed by atoms with Gasteiger partial charge in [-0.15, -0.1) is 0 Å². The summed E-state index contributed by atoms with van der Waals surface area (Å²) in [5.41, 5.74) is 0.190. The topological polar surface area (TPSA) is 69.7 Å². The number of carbonyl (C=O) groups is 3. The van der Waals surface area contributed by atoms with Gasteiger partial charge in [-0.3, -0.25) is 19.3 Å². The summed E-state index contributed by atoms with van der Waals surface area (Å²) < 4.78 is 0. The minimum absolute atomic E-state index is 0.00108. The number of piperidine rings is 1. The minimum Gasteiger partial charge on any atom is -0.342 e. The summed E-state index contributed by atoms with van der Waals surface area (Å²) in [6, 6.07) is -0.784. The maximum absolute atomic E-state index is 13.7. The van der Waals surface area contributed by atoms with Gasteiger partial charge in [-0.1, -0.05) is 61.0 Å². The summed E-state index contributed by atoms with van der Waals surface area (Å²) in [4.78, 5) is 43.0. The number of nitrogens with zero attached hydrogens (tertiary/aromatic N) is 2. The van der Waals surface area contributed by atoms with Gasteiger partial charge < -0.3 is 10.2 Å². The highest BCUT2D eigenvalue weighted by Crippen LogP contribution is 2.27. The Hall–Kier alpha value is -1.69. The molecule has 2 amide bonds. The second-order valence-corrected chi connectivity index (χ2v) is 11.6. The highest BCUT2D eigenvalue weighted by Gasteiger charge is 2.40. The minimum atomic E-state index is -0.652. The molecule has 4 unspecified atom stereocenters. The van der Waals surface area contributed by atoms with Gasteiger partial charge in [0.2, 0.25) is 11.8 Å². The molecule has 0 bridgehead atoms. The van der Waals surface area contributed by atoms with Crippen molar-refractivity contribution in [2.75, 3.05) is 13.6 Å². The molecule has 1 heterocycles. The highest BCUT2D eigenvalue weighted by atomic mass is 16.2. The number of carbonyl (C=O) groups excluding carboxylic acids is 3. The van der Waals surface area contributed by atoms with Crippen LogP contribution in [0, 0.1) is 17.3 Å². The molecule has 1 aliphatic rings. The number of rotatable bonds is 9. The second kappa shape index (κ2) is 12.1. The van der Waals surface area contributed by atoms with Gasteiger partial charge in [0.25, 0.3) is 0 Å². The van der Waals surface area contributed by atoms with E-state index in [1.54, 1.807) is 18.9 Å². The first-order valence-corrected chi connectivity index (χ1v) is 12.6. The molecule has 0 radical (unpaired) electrons. The van der Waals surface area contributed by atoms with E-state index in [2.05, 4.69) is 31.0 Å². The summed E-state index contributed by atoms with van der Waals surface area (Å²) in [5, 5.41) is 3.14. The van der Waals surface area contributed by atoms with Gasteiger partial charge in [0.1, 0.15) is 6.04 Å². The molecule has 0 aromatic rings. The Morgan fingerprint density at radius 1 is 1.00 bits per heavy atom. The number of hydrogen-bond donors (Lipinski definition) is 1. The van der Waals surface area contributed by atoms with Crippen LogP contribution in [0.15, 0.2) is 11.6 Å². The molecule has 6 heteroatoms. The molecule has 0 aromatic heterocycles. The van der Waals surface area contributed by atoms with Gasteiger partial charge in [0, 0.05) is 13.1 Å². The monoisotopic (exact) mass is 463 g/mol. The summed E-state index contributed by atoms with van der Waals surface area (Å²) in [6.45, 7) is 20.8. The lowest BCUT2D eigenvalue weighted by Crippen LogP contribution is -2.61. The van der Waals surface area contributed by atoms with E-state index >= 15 is 0 Å². The smallest absolute Gasteiger partial charge is 0.245 e. The molecule has 1 aliphatic heterocycles. The third-order valence-electron chi connectivity index (χ3n) is 7.19. The summed E-state index contributed by atoms with van der Waals surface area (Å²) in [6.07, 6.45) is 4.82. The van der Waals surface area contributed by atoms with Crippen LogP contribution in [0.1, 0.15) is 88.5 Å². The van der Waals surface area contributed by atoms with Crippen LogP contribution in [0.2, 0.25) is 0 Å². The lowest BCUT2D eigenvalue weighted by Gasteiger charge is -2.42. The lowest BCUT2D eigenvalue weighted by molar-refractivity contribution is -0.142. The third kappa shape index (κ3) is 7.94. The first-order valence-electron chi connectivity index (χ1n) is 12.6. The molecule has 1 fully saturated rings. The van der Waals surface area contributed by atoms with Crippen LogP contribution in [-0.2, 0) is 14.4 Å². The quantitative estimate of drug-likeness (QED) is 0.514. The first-order chi connectivity index (χ1) is 15.1. The fourth-order valence-electron chi connectivity index (χ4n) is 4.47. The van der Waals surface area contributed by atoms with Crippen LogP contribution in [0.4, 0.5) is 0 Å². The van der Waals surface area contributed by atoms with E-state index in [1.165, 1.54) is 6.92 Å². The lowest BCUT2D eigenvalue weighted by atomic mass is 9.84. The SMILES string of the molecule is CC(=O)/C(C)=C/C(C(C)C)N(C)C(=O)C(NC(=O)C1CCCCN1C(C)C(C)C)C(C)(C)C. The van der Waals surface area contributed by atoms with Crippen LogP contribution in [0.3, 0.4) is 0 Å². The molecule has 0 saturated carbocycles. The number of nitrogens with one attached hydrogen (secondary N) is 1. The van der Waals surface area contributed by atoms with Crippen LogP contribution in [0.25, 0.3) is 0 Å². The number of likely N-dealkylation sites (N-methyl/N-ethyl adjacent to an activating group) is 1. The zero-order valence-electron chi connectivity index (χ0n) is 23.0. The summed E-state index contributed by atoms with van der Waals surface area (Å²) in [7, 11) is 1.77. The fourth-order valence-corrected chi connectivity index (χ4v) is 4.47. The molecule has 33 heavy (non-hydrogen) atoms. The van der Waals surface area contributed by atoms with Gasteiger partial charge in [-0.25, -0.2) is 0 Å². The summed E-state index contributed by atoms with van der Waals surface area (Å²) in [5.74, 6) is 0.402. The third-order valence-corrected chi connectivity index (χ3v) is 7.19.